The number of nitrogens with one attached hydrogen (secondary N) is 1. The van der Waals surface area contributed by atoms with E-state index in [-0.39, 0.29) is 24.3 Å². The van der Waals surface area contributed by atoms with E-state index in [1.54, 1.807) is 23.1 Å². The molecule has 1 aliphatic carbocycles. The fraction of sp³-hybridized carbons (Fsp3) is 0.333. The lowest BCUT2D eigenvalue weighted by Crippen LogP contribution is -2.52. The van der Waals surface area contributed by atoms with Crippen LogP contribution in [0.4, 0.5) is 0 Å². The van der Waals surface area contributed by atoms with Crippen molar-refractivity contribution < 1.29 is 9.59 Å². The molecule has 188 valence electrons. The van der Waals surface area contributed by atoms with Gasteiger partial charge in [0.25, 0.3) is 0 Å². The van der Waals surface area contributed by atoms with Gasteiger partial charge in [-0.1, -0.05) is 102 Å². The van der Waals surface area contributed by atoms with Gasteiger partial charge in [0.1, 0.15) is 6.04 Å². The van der Waals surface area contributed by atoms with Crippen LogP contribution in [0.3, 0.4) is 0 Å². The number of hydrogen-bond acceptors (Lipinski definition) is 2. The van der Waals surface area contributed by atoms with Crippen LogP contribution < -0.4 is 5.32 Å². The average Bonchev–Trinajstić information content (AvgIpc) is 3.36. The van der Waals surface area contributed by atoms with Crippen molar-refractivity contribution in [2.24, 2.45) is 0 Å². The molecule has 0 bridgehead atoms. The molecule has 0 aliphatic heterocycles. The second kappa shape index (κ2) is 12.4. The lowest BCUT2D eigenvalue weighted by atomic mass is 10.0. The van der Waals surface area contributed by atoms with E-state index in [1.165, 1.54) is 0 Å². The Morgan fingerprint density at radius 1 is 0.944 bits per heavy atom. The van der Waals surface area contributed by atoms with E-state index in [0.29, 0.717) is 28.6 Å². The first-order valence-corrected chi connectivity index (χ1v) is 13.3. The Labute approximate surface area is 223 Å². The lowest BCUT2D eigenvalue weighted by Gasteiger charge is -2.32. The van der Waals surface area contributed by atoms with Crippen LogP contribution in [-0.4, -0.2) is 28.8 Å². The maximum atomic E-state index is 13.9. The lowest BCUT2D eigenvalue weighted by molar-refractivity contribution is -0.141. The Balaban J connectivity index is 1.67. The molecule has 4 nitrogen and oxygen atoms in total. The van der Waals surface area contributed by atoms with Crippen LogP contribution in [0, 0.1) is 6.92 Å². The van der Waals surface area contributed by atoms with Crippen molar-refractivity contribution in [1.82, 2.24) is 10.2 Å². The van der Waals surface area contributed by atoms with Crippen LogP contribution in [0.1, 0.15) is 47.9 Å². The van der Waals surface area contributed by atoms with Crippen LogP contribution in [-0.2, 0) is 29.0 Å². The Kier molecular flexibility index (Phi) is 9.06. The van der Waals surface area contributed by atoms with Gasteiger partial charge in [-0.25, -0.2) is 0 Å². The van der Waals surface area contributed by atoms with Gasteiger partial charge in [0.2, 0.25) is 11.8 Å². The molecule has 3 aromatic rings. The Morgan fingerprint density at radius 3 is 2.36 bits per heavy atom. The van der Waals surface area contributed by atoms with Gasteiger partial charge < -0.3 is 10.2 Å². The quantitative estimate of drug-likeness (QED) is 0.346. The summed E-state index contributed by atoms with van der Waals surface area (Å²) < 4.78 is 0. The summed E-state index contributed by atoms with van der Waals surface area (Å²) in [5.74, 6) is -0.253. The number of amides is 2. The molecule has 0 aromatic heterocycles. The minimum atomic E-state index is -0.646. The molecule has 0 radical (unpaired) electrons. The van der Waals surface area contributed by atoms with E-state index in [2.05, 4.69) is 11.4 Å². The third-order valence-electron chi connectivity index (χ3n) is 6.76. The van der Waals surface area contributed by atoms with Gasteiger partial charge in [-0.05, 0) is 48.6 Å². The molecule has 1 aliphatic rings. The molecule has 4 rings (SSSR count). The molecule has 0 spiro atoms. The van der Waals surface area contributed by atoms with Crippen molar-refractivity contribution in [3.05, 3.63) is 105 Å². The van der Waals surface area contributed by atoms with Crippen molar-refractivity contribution in [3.8, 4) is 0 Å². The molecule has 1 unspecified atom stereocenters. The highest BCUT2D eigenvalue weighted by atomic mass is 35.5. The Morgan fingerprint density at radius 2 is 1.67 bits per heavy atom. The van der Waals surface area contributed by atoms with Crippen LogP contribution >= 0.6 is 23.2 Å². The Hall–Kier alpha value is -2.82. The highest BCUT2D eigenvalue weighted by molar-refractivity contribution is 6.35. The summed E-state index contributed by atoms with van der Waals surface area (Å²) in [5, 5.41) is 4.20. The van der Waals surface area contributed by atoms with Gasteiger partial charge in [-0.15, -0.1) is 0 Å². The van der Waals surface area contributed by atoms with Gasteiger partial charge in [-0.3, -0.25) is 9.59 Å². The van der Waals surface area contributed by atoms with Crippen molar-refractivity contribution in [3.63, 3.8) is 0 Å². The van der Waals surface area contributed by atoms with Gasteiger partial charge in [0.15, 0.2) is 0 Å². The molecular formula is C30H32Cl2N2O2. The summed E-state index contributed by atoms with van der Waals surface area (Å²) in [7, 11) is 0. The molecule has 0 saturated heterocycles. The van der Waals surface area contributed by atoms with Crippen LogP contribution in [0.25, 0.3) is 0 Å². The maximum absolute atomic E-state index is 13.9. The average molecular weight is 524 g/mol. The standard InChI is InChI=1S/C30H32Cl2N2O2/c1-21-8-7-11-23(16-21)20-34(29(35)18-24-14-15-25(31)19-27(24)32)28(17-22-9-3-2-4-10-22)30(36)33-26-12-5-6-13-26/h2-4,7-11,14-16,19,26,28H,5-6,12-13,17-18,20H2,1H3,(H,33,36). The highest BCUT2D eigenvalue weighted by Crippen LogP contribution is 2.24. The summed E-state index contributed by atoms with van der Waals surface area (Å²) in [5.41, 5.74) is 3.79. The van der Waals surface area contributed by atoms with E-state index >= 15 is 0 Å². The van der Waals surface area contributed by atoms with E-state index in [9.17, 15) is 9.59 Å². The number of benzene rings is 3. The number of hydrogen-bond donors (Lipinski definition) is 1. The number of halogens is 2. The summed E-state index contributed by atoms with van der Waals surface area (Å²) in [4.78, 5) is 29.3. The van der Waals surface area contributed by atoms with Gasteiger partial charge in [0, 0.05) is 29.1 Å². The van der Waals surface area contributed by atoms with Gasteiger partial charge in [-0.2, -0.15) is 0 Å². The first-order valence-electron chi connectivity index (χ1n) is 12.5. The Bertz CT molecular complexity index is 1190. The van der Waals surface area contributed by atoms with Gasteiger partial charge in [0.05, 0.1) is 6.42 Å². The van der Waals surface area contributed by atoms with Crippen molar-refractivity contribution in [1.29, 1.82) is 0 Å². The third-order valence-corrected chi connectivity index (χ3v) is 7.35. The zero-order valence-corrected chi connectivity index (χ0v) is 22.1. The number of carbonyl (C=O) groups excluding carboxylic acids is 2. The molecule has 3 aromatic carbocycles. The largest absolute Gasteiger partial charge is 0.352 e. The minimum Gasteiger partial charge on any atom is -0.352 e. The van der Waals surface area contributed by atoms with Crippen molar-refractivity contribution >= 4 is 35.0 Å². The predicted molar refractivity (Wildman–Crippen MR) is 146 cm³/mol. The maximum Gasteiger partial charge on any atom is 0.243 e. The monoisotopic (exact) mass is 522 g/mol. The molecule has 2 amide bonds. The summed E-state index contributed by atoms with van der Waals surface area (Å²) in [6.45, 7) is 2.36. The zero-order valence-electron chi connectivity index (χ0n) is 20.6. The topological polar surface area (TPSA) is 49.4 Å². The summed E-state index contributed by atoms with van der Waals surface area (Å²) in [6, 6.07) is 22.6. The van der Waals surface area contributed by atoms with Crippen LogP contribution in [0.15, 0.2) is 72.8 Å². The molecule has 36 heavy (non-hydrogen) atoms. The predicted octanol–water partition coefficient (Wildman–Crippen LogP) is 6.54. The fourth-order valence-corrected chi connectivity index (χ4v) is 5.33. The fourth-order valence-electron chi connectivity index (χ4n) is 4.86. The number of carbonyl (C=O) groups is 2. The molecular weight excluding hydrogens is 491 g/mol. The number of nitrogens with zero attached hydrogens (tertiary/aromatic N) is 1. The SMILES string of the molecule is Cc1cccc(CN(C(=O)Cc2ccc(Cl)cc2Cl)C(Cc2ccccc2)C(=O)NC2CCCC2)c1. The zero-order chi connectivity index (χ0) is 25.5. The molecule has 0 heterocycles. The summed E-state index contributed by atoms with van der Waals surface area (Å²) >= 11 is 12.5. The normalized spacial score (nSPS) is 14.4. The van der Waals surface area contributed by atoms with Crippen molar-refractivity contribution in [2.75, 3.05) is 0 Å². The molecule has 6 heteroatoms. The molecule has 1 N–H and O–H groups in total. The minimum absolute atomic E-state index is 0.0871. The van der Waals surface area contributed by atoms with E-state index in [1.807, 2.05) is 55.5 Å². The number of aryl methyl sites for hydroxylation is 1. The van der Waals surface area contributed by atoms with Crippen molar-refractivity contribution in [2.45, 2.75) is 64.1 Å². The number of rotatable bonds is 9. The molecule has 1 atom stereocenters. The smallest absolute Gasteiger partial charge is 0.243 e. The third kappa shape index (κ3) is 7.11. The highest BCUT2D eigenvalue weighted by Gasteiger charge is 2.32. The second-order valence-corrected chi connectivity index (χ2v) is 10.5. The van der Waals surface area contributed by atoms with E-state index in [4.69, 9.17) is 23.2 Å². The molecule has 1 saturated carbocycles. The van der Waals surface area contributed by atoms with Gasteiger partial charge >= 0.3 is 0 Å². The first kappa shape index (κ1) is 26.2. The molecule has 1 fully saturated rings. The van der Waals surface area contributed by atoms with E-state index < -0.39 is 6.04 Å². The van der Waals surface area contributed by atoms with E-state index in [0.717, 1.165) is 42.4 Å². The van der Waals surface area contributed by atoms with Crippen LogP contribution in [0.5, 0.6) is 0 Å². The first-order chi connectivity index (χ1) is 17.4. The second-order valence-electron chi connectivity index (χ2n) is 9.62. The van der Waals surface area contributed by atoms with Crippen LogP contribution in [0.2, 0.25) is 10.0 Å². The summed E-state index contributed by atoms with van der Waals surface area (Å²) in [6.07, 6.45) is 4.73.